The summed E-state index contributed by atoms with van der Waals surface area (Å²) < 4.78 is 28.9. The Morgan fingerprint density at radius 2 is 1.61 bits per heavy atom. The van der Waals surface area contributed by atoms with Gasteiger partial charge in [-0.1, -0.05) is 39.0 Å². The Morgan fingerprint density at radius 1 is 1.00 bits per heavy atom. The summed E-state index contributed by atoms with van der Waals surface area (Å²) in [7, 11) is 0.250. The van der Waals surface area contributed by atoms with Crippen LogP contribution < -0.4 is 10.2 Å². The minimum Gasteiger partial charge on any atom is -0.378 e. The van der Waals surface area contributed by atoms with Gasteiger partial charge in [-0.05, 0) is 54.3 Å². The van der Waals surface area contributed by atoms with Crippen LogP contribution in [0.1, 0.15) is 38.1 Å². The lowest BCUT2D eigenvalue weighted by atomic mass is 10.2. The molecule has 0 atom stereocenters. The number of amides is 1. The van der Waals surface area contributed by atoms with Crippen molar-refractivity contribution in [3.8, 4) is 0 Å². The first-order chi connectivity index (χ1) is 15.5. The van der Waals surface area contributed by atoms with E-state index >= 15 is 0 Å². The zero-order valence-corrected chi connectivity index (χ0v) is 21.6. The summed E-state index contributed by atoms with van der Waals surface area (Å²) in [6.45, 7) is 8.98. The minimum atomic E-state index is -3.63. The van der Waals surface area contributed by atoms with Crippen LogP contribution in [0, 0.1) is 11.8 Å². The summed E-state index contributed by atoms with van der Waals surface area (Å²) in [6.07, 6.45) is 0. The van der Waals surface area contributed by atoms with Crippen molar-refractivity contribution in [2.24, 2.45) is 11.8 Å². The van der Waals surface area contributed by atoms with Crippen LogP contribution in [0.2, 0.25) is 0 Å². The smallest absolute Gasteiger partial charge is 0.257 e. The Bertz CT molecular complexity index is 1210. The maximum Gasteiger partial charge on any atom is 0.257 e. The normalized spacial score (nSPS) is 12.2. The highest BCUT2D eigenvalue weighted by Gasteiger charge is 2.26. The number of anilines is 2. The lowest BCUT2D eigenvalue weighted by Crippen LogP contribution is -2.37. The molecule has 0 unspecified atom stereocenters. The Labute approximate surface area is 200 Å². The van der Waals surface area contributed by atoms with Crippen LogP contribution in [0.25, 0.3) is 10.2 Å². The summed E-state index contributed by atoms with van der Waals surface area (Å²) in [6, 6.07) is 12.2. The van der Waals surface area contributed by atoms with Crippen molar-refractivity contribution in [3.63, 3.8) is 0 Å². The largest absolute Gasteiger partial charge is 0.378 e. The van der Waals surface area contributed by atoms with Crippen molar-refractivity contribution in [3.05, 3.63) is 48.0 Å². The molecule has 0 fully saturated rings. The van der Waals surface area contributed by atoms with Crippen molar-refractivity contribution in [2.75, 3.05) is 37.4 Å². The molecular weight excluding hydrogens is 456 g/mol. The molecule has 0 saturated carbocycles. The summed E-state index contributed by atoms with van der Waals surface area (Å²) >= 11 is 1.26. The number of sulfonamides is 1. The van der Waals surface area contributed by atoms with Gasteiger partial charge in [-0.3, -0.25) is 10.1 Å². The fourth-order valence-corrected chi connectivity index (χ4v) is 6.20. The number of nitrogens with zero attached hydrogens (tertiary/aromatic N) is 3. The molecule has 9 heteroatoms. The number of hydrogen-bond acceptors (Lipinski definition) is 6. The fourth-order valence-electron chi connectivity index (χ4n) is 3.43. The Morgan fingerprint density at radius 3 is 2.15 bits per heavy atom. The number of nitrogens with one attached hydrogen (secondary N) is 1. The lowest BCUT2D eigenvalue weighted by Gasteiger charge is -2.25. The third kappa shape index (κ3) is 6.10. The van der Waals surface area contributed by atoms with Crippen LogP contribution in [0.4, 0.5) is 10.8 Å². The van der Waals surface area contributed by atoms with Crippen LogP contribution >= 0.6 is 11.3 Å². The maximum atomic E-state index is 13.3. The molecule has 3 rings (SSSR count). The van der Waals surface area contributed by atoms with E-state index in [4.69, 9.17) is 0 Å². The molecule has 0 aliphatic rings. The second-order valence-corrected chi connectivity index (χ2v) is 12.1. The summed E-state index contributed by atoms with van der Waals surface area (Å²) in [5, 5.41) is 3.26. The predicted molar refractivity (Wildman–Crippen MR) is 137 cm³/mol. The van der Waals surface area contributed by atoms with E-state index in [1.807, 2.05) is 58.8 Å². The average molecular weight is 489 g/mol. The van der Waals surface area contributed by atoms with Crippen LogP contribution in [-0.2, 0) is 10.0 Å². The Kier molecular flexibility index (Phi) is 7.76. The summed E-state index contributed by atoms with van der Waals surface area (Å²) in [5.41, 5.74) is 2.18. The molecule has 1 amide bonds. The van der Waals surface area contributed by atoms with Crippen molar-refractivity contribution < 1.29 is 13.2 Å². The number of carbonyl (C=O) groups is 1. The minimum absolute atomic E-state index is 0.222. The lowest BCUT2D eigenvalue weighted by molar-refractivity contribution is 0.102. The van der Waals surface area contributed by atoms with Crippen LogP contribution in [0.15, 0.2) is 47.4 Å². The number of carbonyl (C=O) groups excluding carboxylic acids is 1. The van der Waals surface area contributed by atoms with E-state index in [2.05, 4.69) is 10.3 Å². The molecule has 3 aromatic rings. The van der Waals surface area contributed by atoms with Gasteiger partial charge in [0, 0.05) is 38.4 Å². The average Bonchev–Trinajstić information content (AvgIpc) is 3.14. The highest BCUT2D eigenvalue weighted by Crippen LogP contribution is 2.30. The third-order valence-electron chi connectivity index (χ3n) is 5.00. The SMILES string of the molecule is CC(C)CN(CC(C)C)S(=O)(=O)c1ccc2nc(NC(=O)c3ccc(N(C)C)cc3)sc2c1. The zero-order valence-electron chi connectivity index (χ0n) is 20.0. The molecule has 0 bridgehead atoms. The van der Waals surface area contributed by atoms with Gasteiger partial charge in [-0.15, -0.1) is 0 Å². The van der Waals surface area contributed by atoms with Gasteiger partial charge >= 0.3 is 0 Å². The van der Waals surface area contributed by atoms with Gasteiger partial charge in [0.15, 0.2) is 5.13 Å². The third-order valence-corrected chi connectivity index (χ3v) is 7.76. The van der Waals surface area contributed by atoms with Crippen LogP contribution in [0.3, 0.4) is 0 Å². The van der Waals surface area contributed by atoms with Crippen molar-refractivity contribution in [1.82, 2.24) is 9.29 Å². The summed E-state index contributed by atoms with van der Waals surface area (Å²) in [4.78, 5) is 19.3. The van der Waals surface area contributed by atoms with Crippen molar-refractivity contribution >= 4 is 48.3 Å². The maximum absolute atomic E-state index is 13.3. The molecule has 1 heterocycles. The molecule has 1 N–H and O–H groups in total. The number of thiazole rings is 1. The topological polar surface area (TPSA) is 82.6 Å². The van der Waals surface area contributed by atoms with Gasteiger partial charge < -0.3 is 4.90 Å². The van der Waals surface area contributed by atoms with E-state index in [0.717, 1.165) is 5.69 Å². The Balaban J connectivity index is 1.84. The van der Waals surface area contributed by atoms with E-state index < -0.39 is 10.0 Å². The molecule has 0 radical (unpaired) electrons. The van der Waals surface area contributed by atoms with E-state index in [1.54, 1.807) is 34.6 Å². The standard InChI is InChI=1S/C24H32N4O3S2/c1-16(2)14-28(15-17(3)4)33(30,31)20-11-12-21-22(13-20)32-24(25-21)26-23(29)18-7-9-19(10-8-18)27(5)6/h7-13,16-17H,14-15H2,1-6H3,(H,25,26,29). The molecule has 0 spiro atoms. The molecule has 2 aromatic carbocycles. The molecule has 0 aliphatic heterocycles. The quantitative estimate of drug-likeness (QED) is 0.462. The second kappa shape index (κ2) is 10.2. The zero-order chi connectivity index (χ0) is 24.3. The van der Waals surface area contributed by atoms with Gasteiger partial charge in [0.2, 0.25) is 10.0 Å². The first kappa shape index (κ1) is 25.1. The number of fused-ring (bicyclic) bond motifs is 1. The summed E-state index contributed by atoms with van der Waals surface area (Å²) in [5.74, 6) is 0.186. The molecule has 33 heavy (non-hydrogen) atoms. The van der Waals surface area contributed by atoms with Gasteiger partial charge in [-0.2, -0.15) is 4.31 Å². The Hall–Kier alpha value is -2.49. The van der Waals surface area contributed by atoms with Crippen molar-refractivity contribution in [1.29, 1.82) is 0 Å². The predicted octanol–water partition coefficient (Wildman–Crippen LogP) is 4.92. The monoisotopic (exact) mass is 488 g/mol. The first-order valence-electron chi connectivity index (χ1n) is 11.0. The molecule has 178 valence electrons. The molecular formula is C24H32N4O3S2. The number of hydrogen-bond donors (Lipinski definition) is 1. The van der Waals surface area contributed by atoms with Gasteiger partial charge in [0.25, 0.3) is 5.91 Å². The highest BCUT2D eigenvalue weighted by atomic mass is 32.2. The molecule has 0 saturated heterocycles. The van der Waals surface area contributed by atoms with Crippen molar-refractivity contribution in [2.45, 2.75) is 32.6 Å². The van der Waals surface area contributed by atoms with E-state index in [9.17, 15) is 13.2 Å². The number of aromatic nitrogens is 1. The molecule has 7 nitrogen and oxygen atoms in total. The van der Waals surface area contributed by atoms with E-state index in [0.29, 0.717) is 34.0 Å². The van der Waals surface area contributed by atoms with Gasteiger partial charge in [0.05, 0.1) is 15.1 Å². The van der Waals surface area contributed by atoms with Gasteiger partial charge in [0.1, 0.15) is 0 Å². The number of rotatable bonds is 9. The number of benzene rings is 2. The van der Waals surface area contributed by atoms with E-state index in [1.165, 1.54) is 11.3 Å². The van der Waals surface area contributed by atoms with E-state index in [-0.39, 0.29) is 22.6 Å². The fraction of sp³-hybridized carbons (Fsp3) is 0.417. The molecule has 0 aliphatic carbocycles. The first-order valence-corrected chi connectivity index (χ1v) is 13.2. The van der Waals surface area contributed by atoms with Crippen LogP contribution in [0.5, 0.6) is 0 Å². The van der Waals surface area contributed by atoms with Crippen LogP contribution in [-0.4, -0.2) is 50.8 Å². The second-order valence-electron chi connectivity index (χ2n) is 9.15. The molecule has 1 aromatic heterocycles. The van der Waals surface area contributed by atoms with Gasteiger partial charge in [-0.25, -0.2) is 13.4 Å². The highest BCUT2D eigenvalue weighted by molar-refractivity contribution is 7.89.